The minimum absolute atomic E-state index is 0.353. The van der Waals surface area contributed by atoms with Crippen LogP contribution in [0.15, 0.2) is 6.33 Å². The summed E-state index contributed by atoms with van der Waals surface area (Å²) in [5.41, 5.74) is 0. The van der Waals surface area contributed by atoms with Gasteiger partial charge in [0.15, 0.2) is 0 Å². The van der Waals surface area contributed by atoms with Gasteiger partial charge in [-0.2, -0.15) is 0 Å². The van der Waals surface area contributed by atoms with Crippen molar-refractivity contribution in [3.05, 3.63) is 6.33 Å². The monoisotopic (exact) mass is 170 g/mol. The van der Waals surface area contributed by atoms with Crippen molar-refractivity contribution in [2.45, 2.75) is 19.9 Å². The van der Waals surface area contributed by atoms with Crippen LogP contribution in [0, 0.1) is 5.92 Å². The molecule has 0 bridgehead atoms. The molecule has 1 rings (SSSR count). The predicted molar refractivity (Wildman–Crippen MR) is 39.2 cm³/mol. The van der Waals surface area contributed by atoms with Crippen LogP contribution < -0.4 is 0 Å². The maximum atomic E-state index is 10.4. The van der Waals surface area contributed by atoms with E-state index in [9.17, 15) is 4.79 Å². The van der Waals surface area contributed by atoms with E-state index in [2.05, 4.69) is 15.5 Å². The van der Waals surface area contributed by atoms with E-state index in [0.717, 1.165) is 0 Å². The van der Waals surface area contributed by atoms with E-state index in [-0.39, 0.29) is 5.92 Å². The smallest absolute Gasteiger partial charge is 0.306 e. The molecule has 1 aromatic rings. The first-order valence-corrected chi connectivity index (χ1v) is 3.63. The Bertz CT molecular complexity index is 246. The van der Waals surface area contributed by atoms with Crippen LogP contribution >= 0.6 is 0 Å². The molecule has 6 heteroatoms. The minimum Gasteiger partial charge on any atom is -0.481 e. The Balaban J connectivity index is 2.31. The third-order valence-corrected chi connectivity index (χ3v) is 1.60. The lowest BCUT2D eigenvalue weighted by molar-refractivity contribution is -0.141. The topological polar surface area (TPSA) is 80.9 Å². The van der Waals surface area contributed by atoms with Gasteiger partial charge in [0.2, 0.25) is 0 Å². The average molecular weight is 170 g/mol. The van der Waals surface area contributed by atoms with Gasteiger partial charge in [0.1, 0.15) is 6.33 Å². The highest BCUT2D eigenvalue weighted by atomic mass is 16.4. The molecule has 0 fully saturated rings. The Morgan fingerprint density at radius 3 is 3.00 bits per heavy atom. The van der Waals surface area contributed by atoms with Gasteiger partial charge in [-0.15, -0.1) is 5.10 Å². The molecule has 6 nitrogen and oxygen atoms in total. The molecule has 1 N–H and O–H groups in total. The molecule has 1 aromatic heterocycles. The second kappa shape index (κ2) is 3.80. The van der Waals surface area contributed by atoms with E-state index < -0.39 is 5.97 Å². The van der Waals surface area contributed by atoms with Gasteiger partial charge in [-0.3, -0.25) is 4.79 Å². The van der Waals surface area contributed by atoms with Crippen LogP contribution in [0.1, 0.15) is 13.3 Å². The van der Waals surface area contributed by atoms with E-state index in [1.165, 1.54) is 11.0 Å². The average Bonchev–Trinajstić information content (AvgIpc) is 2.51. The summed E-state index contributed by atoms with van der Waals surface area (Å²) in [7, 11) is 0. The van der Waals surface area contributed by atoms with Crippen molar-refractivity contribution in [3.8, 4) is 0 Å². The third kappa shape index (κ3) is 2.30. The van der Waals surface area contributed by atoms with Crippen LogP contribution in [0.4, 0.5) is 0 Å². The van der Waals surface area contributed by atoms with Crippen molar-refractivity contribution >= 4 is 5.97 Å². The SMILES string of the molecule is CC(CCn1cnnn1)C(=O)O. The van der Waals surface area contributed by atoms with Crippen LogP contribution in [0.2, 0.25) is 0 Å². The number of aryl methyl sites for hydroxylation is 1. The van der Waals surface area contributed by atoms with Crippen molar-refractivity contribution < 1.29 is 9.90 Å². The molecule has 1 atom stereocenters. The summed E-state index contributed by atoms with van der Waals surface area (Å²) in [4.78, 5) is 10.4. The zero-order valence-corrected chi connectivity index (χ0v) is 6.71. The quantitative estimate of drug-likeness (QED) is 0.675. The van der Waals surface area contributed by atoms with E-state index in [4.69, 9.17) is 5.11 Å². The van der Waals surface area contributed by atoms with Crippen molar-refractivity contribution in [1.29, 1.82) is 0 Å². The van der Waals surface area contributed by atoms with Crippen LogP contribution in [0.5, 0.6) is 0 Å². The van der Waals surface area contributed by atoms with Crippen molar-refractivity contribution in [2.24, 2.45) is 5.92 Å². The maximum absolute atomic E-state index is 10.4. The lowest BCUT2D eigenvalue weighted by Gasteiger charge is -2.03. The number of hydrogen-bond donors (Lipinski definition) is 1. The Labute approximate surface area is 69.2 Å². The van der Waals surface area contributed by atoms with Crippen LogP contribution in [-0.2, 0) is 11.3 Å². The zero-order chi connectivity index (χ0) is 8.97. The second-order valence-corrected chi connectivity index (χ2v) is 2.60. The van der Waals surface area contributed by atoms with Gasteiger partial charge in [0.05, 0.1) is 5.92 Å². The lowest BCUT2D eigenvalue weighted by Crippen LogP contribution is -2.12. The van der Waals surface area contributed by atoms with Gasteiger partial charge in [0, 0.05) is 6.54 Å². The fraction of sp³-hybridized carbons (Fsp3) is 0.667. The fourth-order valence-electron chi connectivity index (χ4n) is 0.732. The zero-order valence-electron chi connectivity index (χ0n) is 6.71. The Hall–Kier alpha value is -1.46. The van der Waals surface area contributed by atoms with Crippen molar-refractivity contribution in [3.63, 3.8) is 0 Å². The summed E-state index contributed by atoms with van der Waals surface area (Å²) in [6, 6.07) is 0. The molecule has 1 unspecified atom stereocenters. The fourth-order valence-corrected chi connectivity index (χ4v) is 0.732. The summed E-state index contributed by atoms with van der Waals surface area (Å²) in [5.74, 6) is -1.14. The Morgan fingerprint density at radius 2 is 2.50 bits per heavy atom. The number of carboxylic acid groups (broad SMARTS) is 1. The predicted octanol–water partition coefficient (Wildman–Crippen LogP) is -0.216. The van der Waals surface area contributed by atoms with E-state index >= 15 is 0 Å². The van der Waals surface area contributed by atoms with E-state index in [1.54, 1.807) is 6.92 Å². The number of hydrogen-bond acceptors (Lipinski definition) is 4. The maximum Gasteiger partial charge on any atom is 0.306 e. The summed E-state index contributed by atoms with van der Waals surface area (Å²) in [6.45, 7) is 2.20. The summed E-state index contributed by atoms with van der Waals surface area (Å²) in [5, 5.41) is 19.0. The van der Waals surface area contributed by atoms with Crippen LogP contribution in [-0.4, -0.2) is 31.3 Å². The number of aliphatic carboxylic acids is 1. The van der Waals surface area contributed by atoms with E-state index in [1.807, 2.05) is 0 Å². The first-order chi connectivity index (χ1) is 5.70. The largest absolute Gasteiger partial charge is 0.481 e. The molecule has 0 spiro atoms. The molecule has 0 aliphatic carbocycles. The van der Waals surface area contributed by atoms with E-state index in [0.29, 0.717) is 13.0 Å². The summed E-state index contributed by atoms with van der Waals surface area (Å²) < 4.78 is 1.51. The standard InChI is InChI=1S/C6H10N4O2/c1-5(6(11)12)2-3-10-4-7-8-9-10/h4-5H,2-3H2,1H3,(H,11,12). The number of rotatable bonds is 4. The number of aromatic nitrogens is 4. The van der Waals surface area contributed by atoms with Gasteiger partial charge in [-0.1, -0.05) is 6.92 Å². The molecule has 0 saturated heterocycles. The molecule has 0 amide bonds. The highest BCUT2D eigenvalue weighted by molar-refractivity contribution is 5.69. The first kappa shape index (κ1) is 8.63. The van der Waals surface area contributed by atoms with Gasteiger partial charge < -0.3 is 5.11 Å². The third-order valence-electron chi connectivity index (χ3n) is 1.60. The molecule has 1 heterocycles. The van der Waals surface area contributed by atoms with Crippen molar-refractivity contribution in [2.75, 3.05) is 0 Å². The van der Waals surface area contributed by atoms with Gasteiger partial charge >= 0.3 is 5.97 Å². The van der Waals surface area contributed by atoms with Gasteiger partial charge in [0.25, 0.3) is 0 Å². The molecule has 0 radical (unpaired) electrons. The first-order valence-electron chi connectivity index (χ1n) is 3.63. The number of tetrazole rings is 1. The molecule has 66 valence electrons. The van der Waals surface area contributed by atoms with Gasteiger partial charge in [-0.25, -0.2) is 4.68 Å². The molecular weight excluding hydrogens is 160 g/mol. The summed E-state index contributed by atoms with van der Waals surface area (Å²) >= 11 is 0. The second-order valence-electron chi connectivity index (χ2n) is 2.60. The highest BCUT2D eigenvalue weighted by Gasteiger charge is 2.10. The minimum atomic E-state index is -0.789. The molecular formula is C6H10N4O2. The number of carboxylic acids is 1. The van der Waals surface area contributed by atoms with Crippen LogP contribution in [0.25, 0.3) is 0 Å². The molecule has 0 aliphatic rings. The molecule has 0 saturated carbocycles. The Morgan fingerprint density at radius 1 is 1.75 bits per heavy atom. The highest BCUT2D eigenvalue weighted by Crippen LogP contribution is 2.02. The normalized spacial score (nSPS) is 12.8. The van der Waals surface area contributed by atoms with Gasteiger partial charge in [-0.05, 0) is 16.8 Å². The van der Waals surface area contributed by atoms with Crippen molar-refractivity contribution in [1.82, 2.24) is 20.2 Å². The number of carbonyl (C=O) groups is 1. The number of nitrogens with zero attached hydrogens (tertiary/aromatic N) is 4. The lowest BCUT2D eigenvalue weighted by atomic mass is 10.1. The summed E-state index contributed by atoms with van der Waals surface area (Å²) in [6.07, 6.45) is 2.01. The molecule has 12 heavy (non-hydrogen) atoms. The van der Waals surface area contributed by atoms with Crippen LogP contribution in [0.3, 0.4) is 0 Å². The molecule has 0 aliphatic heterocycles. The Kier molecular flexibility index (Phi) is 2.73. The molecule has 0 aromatic carbocycles.